The maximum Gasteiger partial charge on any atom is 0.246 e. The van der Waals surface area contributed by atoms with Gasteiger partial charge in [0.25, 0.3) is 0 Å². The van der Waals surface area contributed by atoms with Crippen molar-refractivity contribution in [3.8, 4) is 11.6 Å². The maximum atomic E-state index is 12.0. The van der Waals surface area contributed by atoms with Gasteiger partial charge in [0.05, 0.1) is 17.8 Å². The molecule has 130 valence electrons. The molecule has 1 unspecified atom stereocenters. The molecule has 0 aliphatic carbocycles. The zero-order chi connectivity index (χ0) is 17.7. The number of carbonyl (C=O) groups is 1. The Morgan fingerprint density at radius 3 is 3.04 bits per heavy atom. The third-order valence-electron chi connectivity index (χ3n) is 4.96. The first-order valence-electron chi connectivity index (χ1n) is 8.51. The highest BCUT2D eigenvalue weighted by Gasteiger charge is 2.30. The second kappa shape index (κ2) is 5.55. The quantitative estimate of drug-likeness (QED) is 0.556. The average Bonchev–Trinajstić information content (AvgIpc) is 3.44. The molecule has 4 aromatic heterocycles. The highest BCUT2D eigenvalue weighted by molar-refractivity contribution is 6.02. The number of aromatic amines is 2. The summed E-state index contributed by atoms with van der Waals surface area (Å²) in [5.41, 5.74) is 2.65. The molecule has 1 amide bonds. The van der Waals surface area contributed by atoms with Crippen molar-refractivity contribution >= 4 is 28.0 Å². The second-order valence-corrected chi connectivity index (χ2v) is 6.41. The van der Waals surface area contributed by atoms with E-state index in [2.05, 4.69) is 31.1 Å². The standard InChI is InChI=1S/C18H17N7O/c1-2-14(26)24-8-4-11(10-24)25-15-12-3-5-19-16(12)22-9-13(15)23-18(25)17-20-6-7-21-17/h2-3,5-7,9,11H,1,4,8,10H2,(H,19,22)(H,20,21). The normalized spacial score (nSPS) is 17.4. The Kier molecular flexibility index (Phi) is 3.18. The smallest absolute Gasteiger partial charge is 0.246 e. The molecule has 5 heterocycles. The lowest BCUT2D eigenvalue weighted by Gasteiger charge is -2.18. The van der Waals surface area contributed by atoms with E-state index in [1.807, 2.05) is 17.2 Å². The Hall–Kier alpha value is -3.42. The molecule has 26 heavy (non-hydrogen) atoms. The summed E-state index contributed by atoms with van der Waals surface area (Å²) in [5, 5.41) is 1.02. The van der Waals surface area contributed by atoms with Gasteiger partial charge in [-0.15, -0.1) is 0 Å². The largest absolute Gasteiger partial charge is 0.346 e. The monoisotopic (exact) mass is 347 g/mol. The Morgan fingerprint density at radius 2 is 2.23 bits per heavy atom. The first-order valence-corrected chi connectivity index (χ1v) is 8.51. The summed E-state index contributed by atoms with van der Waals surface area (Å²) >= 11 is 0. The number of imidazole rings is 2. The number of fused-ring (bicyclic) bond motifs is 3. The Labute approximate surface area is 148 Å². The Bertz CT molecular complexity index is 1120. The van der Waals surface area contributed by atoms with E-state index in [1.54, 1.807) is 18.6 Å². The van der Waals surface area contributed by atoms with Gasteiger partial charge in [0, 0.05) is 37.1 Å². The molecule has 8 nitrogen and oxygen atoms in total. The number of carbonyl (C=O) groups excluding carboxylic acids is 1. The van der Waals surface area contributed by atoms with Gasteiger partial charge in [-0.25, -0.2) is 15.0 Å². The molecule has 4 aromatic rings. The third-order valence-corrected chi connectivity index (χ3v) is 4.96. The van der Waals surface area contributed by atoms with Gasteiger partial charge in [0.1, 0.15) is 11.2 Å². The molecular weight excluding hydrogens is 330 g/mol. The van der Waals surface area contributed by atoms with Crippen LogP contribution in [0.2, 0.25) is 0 Å². The predicted octanol–water partition coefficient (Wildman–Crippen LogP) is 2.26. The molecule has 1 aliphatic heterocycles. The van der Waals surface area contributed by atoms with Crippen molar-refractivity contribution < 1.29 is 4.79 Å². The van der Waals surface area contributed by atoms with Crippen molar-refractivity contribution in [1.82, 2.24) is 34.4 Å². The summed E-state index contributed by atoms with van der Waals surface area (Å²) in [6.07, 6.45) is 9.38. The summed E-state index contributed by atoms with van der Waals surface area (Å²) < 4.78 is 2.20. The van der Waals surface area contributed by atoms with Crippen LogP contribution in [0.25, 0.3) is 33.7 Å². The van der Waals surface area contributed by atoms with Crippen LogP contribution in [0.1, 0.15) is 12.5 Å². The van der Waals surface area contributed by atoms with Crippen LogP contribution in [0.4, 0.5) is 0 Å². The van der Waals surface area contributed by atoms with Crippen molar-refractivity contribution in [2.75, 3.05) is 13.1 Å². The van der Waals surface area contributed by atoms with E-state index in [9.17, 15) is 4.79 Å². The molecular formula is C18H17N7O. The first kappa shape index (κ1) is 14.9. The van der Waals surface area contributed by atoms with E-state index >= 15 is 0 Å². The number of nitrogens with one attached hydrogen (secondary N) is 2. The third kappa shape index (κ3) is 2.08. The zero-order valence-corrected chi connectivity index (χ0v) is 14.0. The summed E-state index contributed by atoms with van der Waals surface area (Å²) in [6, 6.07) is 2.13. The van der Waals surface area contributed by atoms with Crippen LogP contribution in [0.15, 0.2) is 43.5 Å². The minimum Gasteiger partial charge on any atom is -0.346 e. The van der Waals surface area contributed by atoms with Crippen LogP contribution in [0, 0.1) is 0 Å². The van der Waals surface area contributed by atoms with Crippen molar-refractivity contribution in [2.45, 2.75) is 12.5 Å². The molecule has 1 saturated heterocycles. The summed E-state index contributed by atoms with van der Waals surface area (Å²) in [5.74, 6) is 1.43. The van der Waals surface area contributed by atoms with E-state index in [4.69, 9.17) is 4.98 Å². The molecule has 0 spiro atoms. The van der Waals surface area contributed by atoms with Gasteiger partial charge in [0.15, 0.2) is 11.6 Å². The Balaban J connectivity index is 1.73. The molecule has 0 saturated carbocycles. The fourth-order valence-electron chi connectivity index (χ4n) is 3.78. The summed E-state index contributed by atoms with van der Waals surface area (Å²) in [4.78, 5) is 33.8. The number of hydrogen-bond acceptors (Lipinski definition) is 4. The number of H-pyrrole nitrogens is 2. The lowest BCUT2D eigenvalue weighted by molar-refractivity contribution is -0.125. The van der Waals surface area contributed by atoms with Crippen LogP contribution in [-0.2, 0) is 4.79 Å². The fraction of sp³-hybridized carbons (Fsp3) is 0.222. The van der Waals surface area contributed by atoms with Crippen LogP contribution < -0.4 is 0 Å². The number of amides is 1. The van der Waals surface area contributed by atoms with Gasteiger partial charge < -0.3 is 19.4 Å². The van der Waals surface area contributed by atoms with Crippen LogP contribution >= 0.6 is 0 Å². The molecule has 1 atom stereocenters. The first-order chi connectivity index (χ1) is 12.8. The highest BCUT2D eigenvalue weighted by atomic mass is 16.2. The van der Waals surface area contributed by atoms with Gasteiger partial charge in [0.2, 0.25) is 5.91 Å². The van der Waals surface area contributed by atoms with Crippen molar-refractivity contribution in [2.24, 2.45) is 0 Å². The second-order valence-electron chi connectivity index (χ2n) is 6.41. The predicted molar refractivity (Wildman–Crippen MR) is 97.4 cm³/mol. The Morgan fingerprint density at radius 1 is 1.31 bits per heavy atom. The van der Waals surface area contributed by atoms with Crippen LogP contribution in [-0.4, -0.2) is 53.4 Å². The molecule has 0 radical (unpaired) electrons. The minimum absolute atomic E-state index is 0.0371. The average molecular weight is 347 g/mol. The molecule has 0 bridgehead atoms. The topological polar surface area (TPSA) is 95.5 Å². The van der Waals surface area contributed by atoms with Crippen LogP contribution in [0.3, 0.4) is 0 Å². The minimum atomic E-state index is -0.0371. The van der Waals surface area contributed by atoms with Gasteiger partial charge in [-0.1, -0.05) is 6.58 Å². The van der Waals surface area contributed by atoms with E-state index in [1.165, 1.54) is 6.08 Å². The molecule has 1 fully saturated rings. The number of likely N-dealkylation sites (tertiary alicyclic amines) is 1. The highest BCUT2D eigenvalue weighted by Crippen LogP contribution is 2.34. The molecule has 5 rings (SSSR count). The molecule has 0 aromatic carbocycles. The number of rotatable bonds is 3. The molecule has 2 N–H and O–H groups in total. The summed E-state index contributed by atoms with van der Waals surface area (Å²) in [6.45, 7) is 4.92. The molecule has 1 aliphatic rings. The summed E-state index contributed by atoms with van der Waals surface area (Å²) in [7, 11) is 0. The van der Waals surface area contributed by atoms with Crippen molar-refractivity contribution in [1.29, 1.82) is 0 Å². The number of pyridine rings is 1. The number of aromatic nitrogens is 6. The van der Waals surface area contributed by atoms with Gasteiger partial charge in [-0.3, -0.25) is 4.79 Å². The lowest BCUT2D eigenvalue weighted by Crippen LogP contribution is -2.27. The SMILES string of the molecule is C=CC(=O)N1CCC(n2c(-c3ncc[nH]3)nc3cnc4[nH]ccc4c32)C1. The number of nitrogens with zero attached hydrogens (tertiary/aromatic N) is 5. The molecule has 8 heteroatoms. The fourth-order valence-corrected chi connectivity index (χ4v) is 3.78. The van der Waals surface area contributed by atoms with Gasteiger partial charge >= 0.3 is 0 Å². The van der Waals surface area contributed by atoms with Crippen molar-refractivity contribution in [3.63, 3.8) is 0 Å². The van der Waals surface area contributed by atoms with E-state index < -0.39 is 0 Å². The maximum absolute atomic E-state index is 12.0. The van der Waals surface area contributed by atoms with E-state index in [0.29, 0.717) is 18.9 Å². The number of hydrogen-bond donors (Lipinski definition) is 2. The van der Waals surface area contributed by atoms with Crippen LogP contribution in [0.5, 0.6) is 0 Å². The zero-order valence-electron chi connectivity index (χ0n) is 14.0. The van der Waals surface area contributed by atoms with E-state index in [-0.39, 0.29) is 11.9 Å². The lowest BCUT2D eigenvalue weighted by atomic mass is 10.2. The van der Waals surface area contributed by atoms with Gasteiger partial charge in [-0.2, -0.15) is 0 Å². The van der Waals surface area contributed by atoms with Crippen molar-refractivity contribution in [3.05, 3.63) is 43.5 Å². The van der Waals surface area contributed by atoms with Gasteiger partial charge in [-0.05, 0) is 18.6 Å². The van der Waals surface area contributed by atoms with E-state index in [0.717, 1.165) is 34.3 Å².